The standard InChI is InChI=1S/C15H22N2O3S/c1-11-8-14(9-15(16)12(11)2)21(18,19)17-6-4-13(5-7-17)10-20-3/h4,8-9H,5-7,10,16H2,1-3H3. The lowest BCUT2D eigenvalue weighted by molar-refractivity contribution is 0.219. The van der Waals surface area contributed by atoms with E-state index in [1.54, 1.807) is 19.2 Å². The van der Waals surface area contributed by atoms with Gasteiger partial charge in [-0.2, -0.15) is 4.31 Å². The molecule has 0 aliphatic carbocycles. The Bertz CT molecular complexity index is 642. The highest BCUT2D eigenvalue weighted by Crippen LogP contribution is 2.25. The van der Waals surface area contributed by atoms with Crippen molar-refractivity contribution in [2.75, 3.05) is 32.5 Å². The Hall–Kier alpha value is -1.37. The van der Waals surface area contributed by atoms with E-state index < -0.39 is 10.0 Å². The van der Waals surface area contributed by atoms with Gasteiger partial charge in [0.15, 0.2) is 0 Å². The van der Waals surface area contributed by atoms with Crippen LogP contribution in [-0.4, -0.2) is 39.5 Å². The van der Waals surface area contributed by atoms with E-state index in [9.17, 15) is 8.42 Å². The van der Waals surface area contributed by atoms with Crippen LogP contribution in [0.5, 0.6) is 0 Å². The van der Waals surface area contributed by atoms with Crippen molar-refractivity contribution >= 4 is 15.7 Å². The van der Waals surface area contributed by atoms with Gasteiger partial charge in [0.1, 0.15) is 0 Å². The summed E-state index contributed by atoms with van der Waals surface area (Å²) in [7, 11) is -1.85. The fourth-order valence-corrected chi connectivity index (χ4v) is 3.88. The second-order valence-corrected chi connectivity index (χ2v) is 7.30. The molecule has 1 aromatic carbocycles. The summed E-state index contributed by atoms with van der Waals surface area (Å²) < 4.78 is 31.9. The molecule has 6 heteroatoms. The summed E-state index contributed by atoms with van der Waals surface area (Å²) in [6, 6.07) is 3.24. The average Bonchev–Trinajstić information content (AvgIpc) is 2.45. The van der Waals surface area contributed by atoms with Gasteiger partial charge in [-0.25, -0.2) is 8.42 Å². The first-order chi connectivity index (χ1) is 9.86. The SMILES string of the molecule is COCC1=CCN(S(=O)(=O)c2cc(C)c(C)c(N)c2)CC1. The van der Waals surface area contributed by atoms with Crippen LogP contribution < -0.4 is 5.73 Å². The van der Waals surface area contributed by atoms with Gasteiger partial charge in [0.05, 0.1) is 11.5 Å². The number of hydrogen-bond donors (Lipinski definition) is 1. The lowest BCUT2D eigenvalue weighted by atomic mass is 10.1. The number of sulfonamides is 1. The fourth-order valence-electron chi connectivity index (χ4n) is 2.38. The summed E-state index contributed by atoms with van der Waals surface area (Å²) in [5.41, 5.74) is 9.37. The number of anilines is 1. The Morgan fingerprint density at radius 2 is 2.05 bits per heavy atom. The van der Waals surface area contributed by atoms with Crippen LogP contribution in [0.25, 0.3) is 0 Å². The molecule has 0 aromatic heterocycles. The second kappa shape index (κ2) is 6.17. The van der Waals surface area contributed by atoms with Gasteiger partial charge < -0.3 is 10.5 Å². The van der Waals surface area contributed by atoms with E-state index >= 15 is 0 Å². The van der Waals surface area contributed by atoms with Gasteiger partial charge in [0.25, 0.3) is 0 Å². The molecule has 0 saturated carbocycles. The van der Waals surface area contributed by atoms with E-state index in [2.05, 4.69) is 0 Å². The molecule has 2 rings (SSSR count). The van der Waals surface area contributed by atoms with Crippen LogP contribution in [0.15, 0.2) is 28.7 Å². The zero-order valence-electron chi connectivity index (χ0n) is 12.7. The highest BCUT2D eigenvalue weighted by Gasteiger charge is 2.26. The van der Waals surface area contributed by atoms with Crippen LogP contribution in [0, 0.1) is 13.8 Å². The molecule has 0 spiro atoms. The zero-order valence-corrected chi connectivity index (χ0v) is 13.5. The van der Waals surface area contributed by atoms with Gasteiger partial charge in [-0.05, 0) is 49.1 Å². The summed E-state index contributed by atoms with van der Waals surface area (Å²) in [5.74, 6) is 0. The van der Waals surface area contributed by atoms with Crippen LogP contribution in [-0.2, 0) is 14.8 Å². The van der Waals surface area contributed by atoms with Gasteiger partial charge in [0, 0.05) is 25.9 Å². The van der Waals surface area contributed by atoms with Crippen molar-refractivity contribution in [1.82, 2.24) is 4.31 Å². The first kappa shape index (κ1) is 16.0. The molecule has 1 aromatic rings. The fraction of sp³-hybridized carbons (Fsp3) is 0.467. The summed E-state index contributed by atoms with van der Waals surface area (Å²) in [4.78, 5) is 0.270. The maximum Gasteiger partial charge on any atom is 0.243 e. The molecule has 116 valence electrons. The quantitative estimate of drug-likeness (QED) is 0.680. The third-order valence-corrected chi connectivity index (χ3v) is 5.76. The highest BCUT2D eigenvalue weighted by atomic mass is 32.2. The molecule has 2 N–H and O–H groups in total. The maximum absolute atomic E-state index is 12.7. The minimum atomic E-state index is -3.49. The molecule has 1 aliphatic rings. The number of hydrogen-bond acceptors (Lipinski definition) is 4. The van der Waals surface area contributed by atoms with Crippen LogP contribution in [0.2, 0.25) is 0 Å². The minimum absolute atomic E-state index is 0.270. The lowest BCUT2D eigenvalue weighted by Crippen LogP contribution is -2.35. The Morgan fingerprint density at radius 1 is 1.33 bits per heavy atom. The Labute approximate surface area is 126 Å². The van der Waals surface area contributed by atoms with Crippen molar-refractivity contribution in [3.63, 3.8) is 0 Å². The Morgan fingerprint density at radius 3 is 2.57 bits per heavy atom. The molecule has 0 radical (unpaired) electrons. The molecular formula is C15H22N2O3S. The molecular weight excluding hydrogens is 288 g/mol. The number of methoxy groups -OCH3 is 1. The molecule has 1 heterocycles. The van der Waals surface area contributed by atoms with Crippen molar-refractivity contribution in [3.05, 3.63) is 34.9 Å². The van der Waals surface area contributed by atoms with E-state index in [-0.39, 0.29) is 4.90 Å². The summed E-state index contributed by atoms with van der Waals surface area (Å²) in [6.45, 7) is 5.18. The predicted molar refractivity (Wildman–Crippen MR) is 83.7 cm³/mol. The maximum atomic E-state index is 12.7. The zero-order chi connectivity index (χ0) is 15.6. The van der Waals surface area contributed by atoms with E-state index in [1.807, 2.05) is 19.9 Å². The topological polar surface area (TPSA) is 72.6 Å². The van der Waals surface area contributed by atoms with Gasteiger partial charge in [-0.1, -0.05) is 6.08 Å². The van der Waals surface area contributed by atoms with Crippen molar-refractivity contribution in [2.24, 2.45) is 0 Å². The van der Waals surface area contributed by atoms with Gasteiger partial charge in [0.2, 0.25) is 10.0 Å². The Balaban J connectivity index is 2.28. The molecule has 21 heavy (non-hydrogen) atoms. The third kappa shape index (κ3) is 3.28. The lowest BCUT2D eigenvalue weighted by Gasteiger charge is -2.26. The van der Waals surface area contributed by atoms with E-state index in [0.29, 0.717) is 31.8 Å². The highest BCUT2D eigenvalue weighted by molar-refractivity contribution is 7.89. The number of aryl methyl sites for hydroxylation is 1. The van der Waals surface area contributed by atoms with Crippen LogP contribution in [0.3, 0.4) is 0 Å². The molecule has 0 fully saturated rings. The molecule has 0 unspecified atom stereocenters. The normalized spacial score (nSPS) is 16.8. The van der Waals surface area contributed by atoms with Crippen molar-refractivity contribution in [2.45, 2.75) is 25.2 Å². The van der Waals surface area contributed by atoms with Crippen LogP contribution in [0.1, 0.15) is 17.5 Å². The van der Waals surface area contributed by atoms with Crippen molar-refractivity contribution in [1.29, 1.82) is 0 Å². The molecule has 0 atom stereocenters. The minimum Gasteiger partial charge on any atom is -0.398 e. The summed E-state index contributed by atoms with van der Waals surface area (Å²) in [5, 5.41) is 0. The van der Waals surface area contributed by atoms with E-state index in [4.69, 9.17) is 10.5 Å². The third-order valence-electron chi connectivity index (χ3n) is 3.91. The average molecular weight is 310 g/mol. The Kier molecular flexibility index (Phi) is 4.70. The van der Waals surface area contributed by atoms with Crippen molar-refractivity contribution < 1.29 is 13.2 Å². The number of benzene rings is 1. The summed E-state index contributed by atoms with van der Waals surface area (Å²) >= 11 is 0. The van der Waals surface area contributed by atoms with Crippen LogP contribution in [0.4, 0.5) is 5.69 Å². The van der Waals surface area contributed by atoms with E-state index in [0.717, 1.165) is 16.7 Å². The van der Waals surface area contributed by atoms with Gasteiger partial charge >= 0.3 is 0 Å². The predicted octanol–water partition coefficient (Wildman–Crippen LogP) is 1.85. The number of nitrogens with two attached hydrogens (primary N) is 1. The van der Waals surface area contributed by atoms with Gasteiger partial charge in [-0.3, -0.25) is 0 Å². The van der Waals surface area contributed by atoms with E-state index in [1.165, 1.54) is 4.31 Å². The van der Waals surface area contributed by atoms with Gasteiger partial charge in [-0.15, -0.1) is 0 Å². The molecule has 0 bridgehead atoms. The molecule has 1 aliphatic heterocycles. The smallest absolute Gasteiger partial charge is 0.243 e. The van der Waals surface area contributed by atoms with Crippen LogP contribution >= 0.6 is 0 Å². The number of nitrogens with zero attached hydrogens (tertiary/aromatic N) is 1. The number of ether oxygens (including phenoxy) is 1. The molecule has 5 nitrogen and oxygen atoms in total. The number of rotatable bonds is 4. The molecule has 0 saturated heterocycles. The second-order valence-electron chi connectivity index (χ2n) is 5.36. The summed E-state index contributed by atoms with van der Waals surface area (Å²) in [6.07, 6.45) is 2.63. The first-order valence-corrected chi connectivity index (χ1v) is 8.34. The first-order valence-electron chi connectivity index (χ1n) is 6.90. The van der Waals surface area contributed by atoms with Crippen molar-refractivity contribution in [3.8, 4) is 0 Å². The largest absolute Gasteiger partial charge is 0.398 e. The number of nitrogen functional groups attached to an aromatic ring is 1. The monoisotopic (exact) mass is 310 g/mol. The molecule has 0 amide bonds.